The Morgan fingerprint density at radius 3 is 1.06 bits per heavy atom. The van der Waals surface area contributed by atoms with E-state index in [1.165, 1.54) is 0 Å². The van der Waals surface area contributed by atoms with Crippen LogP contribution in [0.1, 0.15) is 111 Å². The van der Waals surface area contributed by atoms with Crippen molar-refractivity contribution in [2.24, 2.45) is 16.2 Å². The summed E-state index contributed by atoms with van der Waals surface area (Å²) in [7, 11) is 0. The van der Waals surface area contributed by atoms with Gasteiger partial charge in [0.15, 0.2) is 0 Å². The van der Waals surface area contributed by atoms with Crippen LogP contribution in [0.15, 0.2) is 140 Å². The van der Waals surface area contributed by atoms with Gasteiger partial charge in [0, 0.05) is 93.5 Å². The molecule has 440 valence electrons. The maximum Gasteiger partial charge on any atom is 2.00 e. The summed E-state index contributed by atoms with van der Waals surface area (Å²) in [6.45, 7) is 18.7. The van der Waals surface area contributed by atoms with Gasteiger partial charge in [-0.25, -0.2) is 15.0 Å². The number of amides is 4. The molecule has 17 heteroatoms. The van der Waals surface area contributed by atoms with E-state index in [2.05, 4.69) is 26.3 Å². The third-order valence-electron chi connectivity index (χ3n) is 14.1. The monoisotopic (exact) mass is 1190 g/mol. The van der Waals surface area contributed by atoms with Gasteiger partial charge in [-0.3, -0.25) is 24.0 Å². The Morgan fingerprint density at radius 1 is 0.465 bits per heavy atom. The van der Waals surface area contributed by atoms with E-state index >= 15 is 0 Å². The number of hydrogen-bond acceptors (Lipinski definition) is 8. The van der Waals surface area contributed by atoms with Crippen LogP contribution in [0.25, 0.3) is 90.9 Å². The molecular formula is C69H70FeN10O6. The molecule has 0 saturated heterocycles. The van der Waals surface area contributed by atoms with Crippen LogP contribution in [0.5, 0.6) is 0 Å². The normalized spacial score (nSPS) is 11.9. The Labute approximate surface area is 511 Å². The molecule has 10 rings (SSSR count). The van der Waals surface area contributed by atoms with Gasteiger partial charge < -0.3 is 40.9 Å². The van der Waals surface area contributed by atoms with E-state index < -0.39 is 22.2 Å². The van der Waals surface area contributed by atoms with Crippen LogP contribution >= 0.6 is 0 Å². The second-order valence-electron chi connectivity index (χ2n) is 24.0. The van der Waals surface area contributed by atoms with Crippen molar-refractivity contribution < 1.29 is 46.1 Å². The SMILES string of the molecule is CC(=O)O.CC(C)(C)C(=O)Nc1ccccc1-c1c2nc(c(-c3ccccc3NC(=O)C(C)(C)C)c3ccc([n-]3)c(-c3ccccc3NC(=O)C(C)(C)C)c3nc(c(-c4ccccc4NC(=O)CCCCn4ccnc4)c4ccc1[n-]4)C=C3)C=C2.[Fe+2]. The zero-order valence-corrected chi connectivity index (χ0v) is 51.0. The van der Waals surface area contributed by atoms with Crippen LogP contribution in [0.3, 0.4) is 0 Å². The minimum Gasteiger partial charge on any atom is -0.657 e. The molecule has 0 aliphatic carbocycles. The number of aromatic nitrogens is 6. The predicted octanol–water partition coefficient (Wildman–Crippen LogP) is 14.6. The van der Waals surface area contributed by atoms with Gasteiger partial charge in [-0.1, -0.05) is 159 Å². The van der Waals surface area contributed by atoms with Crippen LogP contribution in [0, 0.1) is 16.2 Å². The third kappa shape index (κ3) is 14.5. The summed E-state index contributed by atoms with van der Waals surface area (Å²) in [6, 6.07) is 38.4. The summed E-state index contributed by atoms with van der Waals surface area (Å²) >= 11 is 0. The minimum atomic E-state index is -0.833. The van der Waals surface area contributed by atoms with E-state index in [9.17, 15) is 19.2 Å². The number of anilines is 4. The first kappa shape index (κ1) is 62.6. The first-order valence-electron chi connectivity index (χ1n) is 28.3. The molecule has 0 unspecified atom stereocenters. The number of unbranched alkanes of at least 4 members (excludes halogenated alkanes) is 1. The maximum absolute atomic E-state index is 13.9. The van der Waals surface area contributed by atoms with Crippen LogP contribution < -0.4 is 31.2 Å². The molecule has 0 atom stereocenters. The quantitative estimate of drug-likeness (QED) is 0.0539. The number of nitrogens with one attached hydrogen (secondary N) is 4. The number of rotatable bonds is 13. The number of aryl methyl sites for hydroxylation is 1. The molecule has 2 aliphatic heterocycles. The van der Waals surface area contributed by atoms with Crippen molar-refractivity contribution >= 4 is 98.7 Å². The second-order valence-corrected chi connectivity index (χ2v) is 24.0. The fourth-order valence-electron chi connectivity index (χ4n) is 9.57. The molecule has 0 spiro atoms. The smallest absolute Gasteiger partial charge is 0.657 e. The van der Waals surface area contributed by atoms with E-state index in [0.717, 1.165) is 19.9 Å². The Balaban J connectivity index is 0.00000186. The molecule has 6 heterocycles. The summed E-state index contributed by atoms with van der Waals surface area (Å²) in [5.74, 6) is -1.46. The summed E-state index contributed by atoms with van der Waals surface area (Å²) in [4.78, 5) is 90.5. The summed E-state index contributed by atoms with van der Waals surface area (Å²) in [5.41, 5.74) is 10.0. The third-order valence-corrected chi connectivity index (χ3v) is 14.1. The average molecular weight is 1190 g/mol. The van der Waals surface area contributed by atoms with E-state index in [4.69, 9.17) is 29.8 Å². The summed E-state index contributed by atoms with van der Waals surface area (Å²) in [5, 5.41) is 20.3. The molecule has 4 aromatic heterocycles. The summed E-state index contributed by atoms with van der Waals surface area (Å²) in [6.07, 6.45) is 15.0. The molecule has 2 aliphatic rings. The first-order valence-corrected chi connectivity index (χ1v) is 28.3. The van der Waals surface area contributed by atoms with Gasteiger partial charge in [-0.05, 0) is 83.7 Å². The van der Waals surface area contributed by atoms with Crippen molar-refractivity contribution in [1.29, 1.82) is 0 Å². The number of fused-ring (bicyclic) bond motifs is 8. The Bertz CT molecular complexity index is 4040. The van der Waals surface area contributed by atoms with Gasteiger partial charge in [0.1, 0.15) is 0 Å². The van der Waals surface area contributed by atoms with Crippen molar-refractivity contribution in [3.05, 3.63) is 163 Å². The first-order chi connectivity index (χ1) is 40.4. The molecule has 16 nitrogen and oxygen atoms in total. The van der Waals surface area contributed by atoms with Crippen molar-refractivity contribution in [2.45, 2.75) is 95.0 Å². The van der Waals surface area contributed by atoms with Gasteiger partial charge in [-0.2, -0.15) is 0 Å². The Hall–Kier alpha value is -9.44. The molecule has 8 aromatic rings. The van der Waals surface area contributed by atoms with Crippen LogP contribution in [0.2, 0.25) is 0 Å². The van der Waals surface area contributed by atoms with Crippen LogP contribution in [0.4, 0.5) is 22.7 Å². The number of nitrogens with zero attached hydrogens (tertiary/aromatic N) is 6. The van der Waals surface area contributed by atoms with Gasteiger partial charge in [0.05, 0.1) is 29.1 Å². The summed E-state index contributed by atoms with van der Waals surface area (Å²) < 4.78 is 2.00. The standard InChI is InChI=1S/C67H68N10O4.C2H4O2.Fe/c1-65(2,3)62(79)74-46-25-15-11-21-42(46)59-51-31-29-49(69-51)58(41-20-10-14-24-45(41)73-57(78)28-18-19-38-77-39-37-68-40-77)50-30-32-52(70-50)60(43-22-12-16-26-47(43)75-63(80)66(4,5)6)54-34-36-56(72-54)61(55-35-33-53(59)71-55)44-23-13-17-27-48(44)76-64(81)67(7,8)9;1-2(3)4;/h10-17,20-27,29-37,39-40H,18-19,28,38H2,1-9H3,(H6,69,70,71,72,73,74,75,76,78,79,80,81);1H3,(H,3,4);/q;;+2/p-2. The van der Waals surface area contributed by atoms with E-state index in [1.54, 1.807) is 12.5 Å². The molecule has 0 saturated carbocycles. The fraction of sp³-hybridized carbons (Fsp3) is 0.246. The van der Waals surface area contributed by atoms with E-state index in [1.807, 2.05) is 219 Å². The molecule has 4 amide bonds. The van der Waals surface area contributed by atoms with Crippen molar-refractivity contribution in [1.82, 2.24) is 29.5 Å². The van der Waals surface area contributed by atoms with Gasteiger partial charge >= 0.3 is 17.1 Å². The van der Waals surface area contributed by atoms with Crippen LogP contribution in [-0.4, -0.2) is 54.2 Å². The molecule has 0 fully saturated rings. The topological polar surface area (TPSA) is 225 Å². The molecular weight excluding hydrogens is 1120 g/mol. The van der Waals surface area contributed by atoms with E-state index in [-0.39, 0.29) is 40.7 Å². The largest absolute Gasteiger partial charge is 2.00 e. The predicted molar refractivity (Wildman–Crippen MR) is 341 cm³/mol. The molecule has 86 heavy (non-hydrogen) atoms. The minimum absolute atomic E-state index is 0. The molecule has 5 N–H and O–H groups in total. The number of carbonyl (C=O) groups excluding carboxylic acids is 4. The zero-order chi connectivity index (χ0) is 60.8. The second kappa shape index (κ2) is 26.2. The van der Waals surface area contributed by atoms with Crippen molar-refractivity contribution in [3.63, 3.8) is 0 Å². The fourth-order valence-corrected chi connectivity index (χ4v) is 9.57. The van der Waals surface area contributed by atoms with Gasteiger partial charge in [0.25, 0.3) is 5.97 Å². The molecule has 0 radical (unpaired) electrons. The number of carboxylic acids is 1. The number of carboxylic acid groups (broad SMARTS) is 1. The van der Waals surface area contributed by atoms with E-state index in [0.29, 0.717) is 125 Å². The van der Waals surface area contributed by atoms with Crippen molar-refractivity contribution in [2.75, 3.05) is 21.3 Å². The zero-order valence-electron chi connectivity index (χ0n) is 49.9. The molecule has 8 bridgehead atoms. The van der Waals surface area contributed by atoms with Crippen molar-refractivity contribution in [3.8, 4) is 44.5 Å². The number of imidazole rings is 1. The molecule has 4 aromatic carbocycles. The number of aliphatic carboxylic acids is 1. The number of benzene rings is 4. The van der Waals surface area contributed by atoms with Gasteiger partial charge in [-0.15, -0.1) is 22.1 Å². The van der Waals surface area contributed by atoms with Crippen LogP contribution in [-0.2, 0) is 47.6 Å². The Kier molecular flexibility index (Phi) is 19.1. The number of carbonyl (C=O) groups is 5. The Morgan fingerprint density at radius 2 is 0.767 bits per heavy atom. The average Bonchev–Trinajstić information content (AvgIpc) is 2.15. The number of hydrogen-bond donors (Lipinski definition) is 5. The number of para-hydroxylation sites is 4. The van der Waals surface area contributed by atoms with Gasteiger partial charge in [0.2, 0.25) is 23.6 Å². The maximum atomic E-state index is 13.9.